The molecule has 0 aliphatic rings. The van der Waals surface area contributed by atoms with E-state index in [1.54, 1.807) is 0 Å². The van der Waals surface area contributed by atoms with Gasteiger partial charge in [0.05, 0.1) is 11.8 Å². The first-order valence-corrected chi connectivity index (χ1v) is 6.31. The molecule has 0 aliphatic carbocycles. The average molecular weight is 252 g/mol. The Bertz CT molecular complexity index is 351. The van der Waals surface area contributed by atoms with Gasteiger partial charge in [-0.2, -0.15) is 8.42 Å². The lowest BCUT2D eigenvalue weighted by molar-refractivity contribution is -0.125. The Kier molecular flexibility index (Phi) is 6.16. The predicted octanol–water partition coefficient (Wildman–Crippen LogP) is -1.31. The summed E-state index contributed by atoms with van der Waals surface area (Å²) in [6.07, 6.45) is 0.0432. The Morgan fingerprint density at radius 2 is 2.00 bits per heavy atom. The summed E-state index contributed by atoms with van der Waals surface area (Å²) in [4.78, 5) is 21.9. The van der Waals surface area contributed by atoms with E-state index in [1.807, 2.05) is 0 Å². The summed E-state index contributed by atoms with van der Waals surface area (Å²) < 4.78 is 29.1. The van der Waals surface area contributed by atoms with Crippen LogP contribution in [0.4, 0.5) is 0 Å². The van der Waals surface area contributed by atoms with E-state index in [2.05, 4.69) is 5.32 Å². The third-order valence-corrected chi connectivity index (χ3v) is 2.53. The van der Waals surface area contributed by atoms with Crippen LogP contribution in [0.15, 0.2) is 0 Å². The summed E-state index contributed by atoms with van der Waals surface area (Å²) >= 11 is 0. The van der Waals surface area contributed by atoms with Gasteiger partial charge in [-0.3, -0.25) is 14.1 Å². The second-order valence-electron chi connectivity index (χ2n) is 3.44. The van der Waals surface area contributed by atoms with Crippen molar-refractivity contribution in [2.24, 2.45) is 5.73 Å². The molecule has 0 saturated heterocycles. The van der Waals surface area contributed by atoms with Gasteiger partial charge in [0, 0.05) is 13.0 Å². The van der Waals surface area contributed by atoms with Crippen LogP contribution >= 0.6 is 0 Å². The number of hydrogen-bond acceptors (Lipinski definition) is 5. The van der Waals surface area contributed by atoms with E-state index in [9.17, 15) is 18.0 Å². The van der Waals surface area contributed by atoms with Crippen LogP contribution in [0.3, 0.4) is 0 Å². The highest BCUT2D eigenvalue weighted by Crippen LogP contribution is 1.91. The van der Waals surface area contributed by atoms with Gasteiger partial charge in [0.25, 0.3) is 10.1 Å². The summed E-state index contributed by atoms with van der Waals surface area (Å²) in [7, 11) is -4.00. The standard InChI is InChI=1S/C8H16N2O5S/c1-6(11)5-7(9)8(12)10-3-2-4-16(13,14)15/h7H,2-5,9H2,1H3,(H,10,12)(H,13,14,15)/t7-/m0/s1. The quantitative estimate of drug-likeness (QED) is 0.381. The van der Waals surface area contributed by atoms with E-state index in [1.165, 1.54) is 6.92 Å². The van der Waals surface area contributed by atoms with Crippen molar-refractivity contribution in [1.29, 1.82) is 0 Å². The average Bonchev–Trinajstić information content (AvgIpc) is 2.09. The minimum absolute atomic E-state index is 0.0515. The van der Waals surface area contributed by atoms with Crippen LogP contribution in [0.1, 0.15) is 19.8 Å². The van der Waals surface area contributed by atoms with Crippen LogP contribution < -0.4 is 11.1 Å². The van der Waals surface area contributed by atoms with E-state index >= 15 is 0 Å². The Morgan fingerprint density at radius 3 is 2.44 bits per heavy atom. The molecule has 1 amide bonds. The molecule has 7 nitrogen and oxygen atoms in total. The molecule has 94 valence electrons. The highest BCUT2D eigenvalue weighted by Gasteiger charge is 2.14. The number of nitrogens with one attached hydrogen (secondary N) is 1. The van der Waals surface area contributed by atoms with Crippen molar-refractivity contribution >= 4 is 21.8 Å². The van der Waals surface area contributed by atoms with Gasteiger partial charge in [0.2, 0.25) is 5.91 Å². The molecule has 0 aliphatic heterocycles. The van der Waals surface area contributed by atoms with Gasteiger partial charge in [-0.25, -0.2) is 0 Å². The third-order valence-electron chi connectivity index (χ3n) is 1.72. The highest BCUT2D eigenvalue weighted by atomic mass is 32.2. The fourth-order valence-corrected chi connectivity index (χ4v) is 1.51. The third kappa shape index (κ3) is 8.33. The Labute approximate surface area is 94.1 Å². The smallest absolute Gasteiger partial charge is 0.264 e. The maximum atomic E-state index is 11.2. The molecule has 0 unspecified atom stereocenters. The lowest BCUT2D eigenvalue weighted by Crippen LogP contribution is -2.42. The number of carbonyl (C=O) groups is 2. The molecule has 0 saturated carbocycles. The summed E-state index contributed by atoms with van der Waals surface area (Å²) in [5, 5.41) is 2.37. The lowest BCUT2D eigenvalue weighted by Gasteiger charge is -2.09. The molecule has 4 N–H and O–H groups in total. The zero-order valence-electron chi connectivity index (χ0n) is 8.97. The highest BCUT2D eigenvalue weighted by molar-refractivity contribution is 7.85. The first-order valence-electron chi connectivity index (χ1n) is 4.70. The van der Waals surface area contributed by atoms with Gasteiger partial charge in [0.1, 0.15) is 5.78 Å². The van der Waals surface area contributed by atoms with Crippen molar-refractivity contribution in [3.63, 3.8) is 0 Å². The number of hydrogen-bond donors (Lipinski definition) is 3. The van der Waals surface area contributed by atoms with Crippen molar-refractivity contribution in [3.05, 3.63) is 0 Å². The van der Waals surface area contributed by atoms with Gasteiger partial charge < -0.3 is 11.1 Å². The van der Waals surface area contributed by atoms with Crippen molar-refractivity contribution in [2.75, 3.05) is 12.3 Å². The molecule has 0 aromatic heterocycles. The topological polar surface area (TPSA) is 127 Å². The Hall–Kier alpha value is -0.990. The minimum atomic E-state index is -4.00. The van der Waals surface area contributed by atoms with Gasteiger partial charge in [-0.15, -0.1) is 0 Å². The van der Waals surface area contributed by atoms with Gasteiger partial charge in [0.15, 0.2) is 0 Å². The number of amides is 1. The monoisotopic (exact) mass is 252 g/mol. The van der Waals surface area contributed by atoms with Crippen molar-refractivity contribution in [2.45, 2.75) is 25.8 Å². The van der Waals surface area contributed by atoms with E-state index in [-0.39, 0.29) is 25.2 Å². The summed E-state index contributed by atoms with van der Waals surface area (Å²) in [6.45, 7) is 1.41. The second kappa shape index (κ2) is 6.56. The fraction of sp³-hybridized carbons (Fsp3) is 0.750. The van der Waals surface area contributed by atoms with Gasteiger partial charge >= 0.3 is 0 Å². The number of nitrogens with two attached hydrogens (primary N) is 1. The van der Waals surface area contributed by atoms with Crippen molar-refractivity contribution in [1.82, 2.24) is 5.32 Å². The molecule has 0 aromatic rings. The summed E-state index contributed by atoms with van der Waals surface area (Å²) in [5.41, 5.74) is 5.39. The normalized spacial score (nSPS) is 13.2. The molecular weight excluding hydrogens is 236 g/mol. The number of ketones is 1. The summed E-state index contributed by atoms with van der Waals surface area (Å²) in [5.74, 6) is -1.12. The van der Waals surface area contributed by atoms with Crippen molar-refractivity contribution in [3.8, 4) is 0 Å². The van der Waals surface area contributed by atoms with Crippen LogP contribution in [-0.2, 0) is 19.7 Å². The molecule has 1 atom stereocenters. The molecule has 16 heavy (non-hydrogen) atoms. The lowest BCUT2D eigenvalue weighted by atomic mass is 10.1. The molecule has 0 fully saturated rings. The first-order chi connectivity index (χ1) is 7.22. The van der Waals surface area contributed by atoms with E-state index in [4.69, 9.17) is 10.3 Å². The zero-order chi connectivity index (χ0) is 12.8. The predicted molar refractivity (Wildman–Crippen MR) is 57.3 cm³/mol. The maximum Gasteiger partial charge on any atom is 0.264 e. The van der Waals surface area contributed by atoms with Crippen LogP contribution in [-0.4, -0.2) is 43.0 Å². The Balaban J connectivity index is 3.77. The van der Waals surface area contributed by atoms with Crippen LogP contribution in [0.25, 0.3) is 0 Å². The van der Waals surface area contributed by atoms with Crippen molar-refractivity contribution < 1.29 is 22.6 Å². The van der Waals surface area contributed by atoms with Gasteiger partial charge in [-0.1, -0.05) is 0 Å². The van der Waals surface area contributed by atoms with Gasteiger partial charge in [-0.05, 0) is 13.3 Å². The second-order valence-corrected chi connectivity index (χ2v) is 5.02. The molecule has 0 radical (unpaired) electrons. The van der Waals surface area contributed by atoms with Crippen LogP contribution in [0.5, 0.6) is 0 Å². The Morgan fingerprint density at radius 1 is 1.44 bits per heavy atom. The first kappa shape index (κ1) is 15.0. The van der Waals surface area contributed by atoms with E-state index < -0.39 is 27.8 Å². The van der Waals surface area contributed by atoms with Crippen LogP contribution in [0, 0.1) is 0 Å². The summed E-state index contributed by atoms with van der Waals surface area (Å²) in [6, 6.07) is -0.914. The minimum Gasteiger partial charge on any atom is -0.355 e. The molecule has 0 spiro atoms. The molecular formula is C8H16N2O5S. The molecule has 0 aromatic carbocycles. The molecule has 0 bridgehead atoms. The molecule has 8 heteroatoms. The SMILES string of the molecule is CC(=O)C[C@H](N)C(=O)NCCCS(=O)(=O)O. The maximum absolute atomic E-state index is 11.2. The number of carbonyl (C=O) groups excluding carboxylic acids is 2. The number of rotatable bonds is 7. The van der Waals surface area contributed by atoms with Crippen LogP contribution in [0.2, 0.25) is 0 Å². The zero-order valence-corrected chi connectivity index (χ0v) is 9.79. The van der Waals surface area contributed by atoms with E-state index in [0.717, 1.165) is 0 Å². The largest absolute Gasteiger partial charge is 0.355 e. The molecule has 0 rings (SSSR count). The fourth-order valence-electron chi connectivity index (χ4n) is 1.000. The number of Topliss-reactive ketones (excluding diaryl/α,β-unsaturated/α-hetero) is 1. The molecule has 0 heterocycles. The van der Waals surface area contributed by atoms with E-state index in [0.29, 0.717) is 0 Å².